The third kappa shape index (κ3) is 3.77. The van der Waals surface area contributed by atoms with Crippen molar-refractivity contribution in [1.29, 1.82) is 0 Å². The fourth-order valence-electron chi connectivity index (χ4n) is 3.06. The van der Waals surface area contributed by atoms with Crippen LogP contribution in [0.1, 0.15) is 48.2 Å². The van der Waals surface area contributed by atoms with E-state index in [-0.39, 0.29) is 5.91 Å². The summed E-state index contributed by atoms with van der Waals surface area (Å²) in [5.74, 6) is 1.19. The Balaban J connectivity index is 1.61. The molecule has 0 saturated heterocycles. The molecule has 2 N–H and O–H groups in total. The molecule has 0 aliphatic heterocycles. The van der Waals surface area contributed by atoms with Crippen LogP contribution in [-0.2, 0) is 6.42 Å². The van der Waals surface area contributed by atoms with Gasteiger partial charge in [0.2, 0.25) is 0 Å². The summed E-state index contributed by atoms with van der Waals surface area (Å²) >= 11 is 3.39. The molecule has 0 bridgehead atoms. The molecule has 1 aromatic heterocycles. The summed E-state index contributed by atoms with van der Waals surface area (Å²) in [6.45, 7) is 0. The van der Waals surface area contributed by atoms with Crippen LogP contribution in [0.5, 0.6) is 0 Å². The Bertz CT molecular complexity index is 647. The topological polar surface area (TPSA) is 57.8 Å². The van der Waals surface area contributed by atoms with Gasteiger partial charge in [-0.15, -0.1) is 0 Å². The van der Waals surface area contributed by atoms with Crippen LogP contribution >= 0.6 is 15.9 Å². The van der Waals surface area contributed by atoms with Crippen LogP contribution in [0.2, 0.25) is 0 Å². The lowest BCUT2D eigenvalue weighted by atomic mass is 9.86. The SMILES string of the molecule is O=C(Nc1cc(CC2CCCCC2)[nH]n1)c1ccccc1Br. The molecular formula is C17H20BrN3O. The van der Waals surface area contributed by atoms with Gasteiger partial charge in [-0.25, -0.2) is 0 Å². The third-order valence-corrected chi connectivity index (χ3v) is 4.92. The number of benzene rings is 1. The zero-order valence-electron chi connectivity index (χ0n) is 12.4. The van der Waals surface area contributed by atoms with Crippen LogP contribution in [0.4, 0.5) is 5.82 Å². The molecule has 5 heteroatoms. The average Bonchev–Trinajstić information content (AvgIpc) is 2.95. The first-order chi connectivity index (χ1) is 10.7. The number of hydrogen-bond acceptors (Lipinski definition) is 2. The van der Waals surface area contributed by atoms with Crippen molar-refractivity contribution in [2.75, 3.05) is 5.32 Å². The first-order valence-electron chi connectivity index (χ1n) is 7.82. The first kappa shape index (κ1) is 15.3. The minimum atomic E-state index is -0.150. The van der Waals surface area contributed by atoms with Crippen molar-refractivity contribution in [1.82, 2.24) is 10.2 Å². The van der Waals surface area contributed by atoms with E-state index >= 15 is 0 Å². The van der Waals surface area contributed by atoms with Gasteiger partial charge >= 0.3 is 0 Å². The number of hydrogen-bond donors (Lipinski definition) is 2. The number of nitrogens with one attached hydrogen (secondary N) is 2. The lowest BCUT2D eigenvalue weighted by Crippen LogP contribution is -2.12. The van der Waals surface area contributed by atoms with Crippen molar-refractivity contribution in [3.63, 3.8) is 0 Å². The van der Waals surface area contributed by atoms with E-state index in [9.17, 15) is 4.79 Å². The number of carbonyl (C=O) groups is 1. The van der Waals surface area contributed by atoms with Crippen LogP contribution in [0.3, 0.4) is 0 Å². The Morgan fingerprint density at radius 1 is 1.27 bits per heavy atom. The smallest absolute Gasteiger partial charge is 0.258 e. The minimum absolute atomic E-state index is 0.150. The van der Waals surface area contributed by atoms with Crippen LogP contribution in [0.25, 0.3) is 0 Å². The predicted molar refractivity (Wildman–Crippen MR) is 91.0 cm³/mol. The second-order valence-corrected chi connectivity index (χ2v) is 6.77. The summed E-state index contributed by atoms with van der Waals surface area (Å²) in [5.41, 5.74) is 1.72. The van der Waals surface area contributed by atoms with E-state index in [2.05, 4.69) is 31.4 Å². The number of aromatic amines is 1. The lowest BCUT2D eigenvalue weighted by Gasteiger charge is -2.20. The molecule has 3 rings (SSSR count). The molecule has 1 saturated carbocycles. The highest BCUT2D eigenvalue weighted by molar-refractivity contribution is 9.10. The Kier molecular flexibility index (Phi) is 4.93. The monoisotopic (exact) mass is 361 g/mol. The highest BCUT2D eigenvalue weighted by Gasteiger charge is 2.16. The molecule has 4 nitrogen and oxygen atoms in total. The van der Waals surface area contributed by atoms with Gasteiger partial charge in [0.15, 0.2) is 5.82 Å². The number of rotatable bonds is 4. The van der Waals surface area contributed by atoms with E-state index in [0.717, 1.165) is 22.5 Å². The molecule has 1 aliphatic carbocycles. The molecule has 0 atom stereocenters. The van der Waals surface area contributed by atoms with Gasteiger partial charge in [-0.2, -0.15) is 5.10 Å². The Hall–Kier alpha value is -1.62. The number of H-pyrrole nitrogens is 1. The highest BCUT2D eigenvalue weighted by Crippen LogP contribution is 2.27. The van der Waals surface area contributed by atoms with Crippen molar-refractivity contribution in [2.45, 2.75) is 38.5 Å². The van der Waals surface area contributed by atoms with Crippen LogP contribution in [-0.4, -0.2) is 16.1 Å². The molecule has 2 aromatic rings. The second-order valence-electron chi connectivity index (χ2n) is 5.92. The molecule has 0 unspecified atom stereocenters. The van der Waals surface area contributed by atoms with Gasteiger partial charge in [0.05, 0.1) is 5.56 Å². The summed E-state index contributed by atoms with van der Waals surface area (Å²) in [5, 5.41) is 10.1. The van der Waals surface area contributed by atoms with E-state index in [4.69, 9.17) is 0 Å². The summed E-state index contributed by atoms with van der Waals surface area (Å²) in [4.78, 5) is 12.2. The highest BCUT2D eigenvalue weighted by atomic mass is 79.9. The molecule has 1 heterocycles. The summed E-state index contributed by atoms with van der Waals surface area (Å²) in [6, 6.07) is 9.32. The van der Waals surface area contributed by atoms with Gasteiger partial charge < -0.3 is 5.32 Å². The van der Waals surface area contributed by atoms with Crippen molar-refractivity contribution in [2.24, 2.45) is 5.92 Å². The molecule has 116 valence electrons. The van der Waals surface area contributed by atoms with Crippen LogP contribution < -0.4 is 5.32 Å². The molecule has 1 aliphatic rings. The summed E-state index contributed by atoms with van der Waals surface area (Å²) in [6.07, 6.45) is 7.68. The molecule has 0 spiro atoms. The molecule has 1 fully saturated rings. The Morgan fingerprint density at radius 2 is 2.05 bits per heavy atom. The number of aromatic nitrogens is 2. The maximum atomic E-state index is 12.2. The second kappa shape index (κ2) is 7.09. The van der Waals surface area contributed by atoms with Gasteiger partial charge in [0, 0.05) is 16.2 Å². The number of anilines is 1. The summed E-state index contributed by atoms with van der Waals surface area (Å²) in [7, 11) is 0. The van der Waals surface area contributed by atoms with E-state index in [1.54, 1.807) is 6.07 Å². The number of carbonyl (C=O) groups excluding carboxylic acids is 1. The van der Waals surface area contributed by atoms with Gasteiger partial charge in [-0.05, 0) is 40.4 Å². The minimum Gasteiger partial charge on any atom is -0.305 e. The molecule has 22 heavy (non-hydrogen) atoms. The zero-order valence-corrected chi connectivity index (χ0v) is 14.0. The Labute approximate surface area is 138 Å². The third-order valence-electron chi connectivity index (χ3n) is 4.22. The van der Waals surface area contributed by atoms with E-state index < -0.39 is 0 Å². The normalized spacial score (nSPS) is 15.7. The van der Waals surface area contributed by atoms with E-state index in [1.807, 2.05) is 24.3 Å². The van der Waals surface area contributed by atoms with Gasteiger partial charge in [0.1, 0.15) is 0 Å². The number of amides is 1. The van der Waals surface area contributed by atoms with E-state index in [1.165, 1.54) is 32.1 Å². The van der Waals surface area contributed by atoms with Crippen molar-refractivity contribution >= 4 is 27.7 Å². The first-order valence-corrected chi connectivity index (χ1v) is 8.62. The predicted octanol–water partition coefficient (Wildman–Crippen LogP) is 4.55. The lowest BCUT2D eigenvalue weighted by molar-refractivity contribution is 0.102. The van der Waals surface area contributed by atoms with Crippen molar-refractivity contribution in [3.05, 3.63) is 46.1 Å². The quantitative estimate of drug-likeness (QED) is 0.839. The molecule has 0 radical (unpaired) electrons. The fourth-order valence-corrected chi connectivity index (χ4v) is 3.53. The number of nitrogens with zero attached hydrogens (tertiary/aromatic N) is 1. The standard InChI is InChI=1S/C17H20BrN3O/c18-15-9-5-4-8-14(15)17(22)19-16-11-13(20-21-16)10-12-6-2-1-3-7-12/h4-5,8-9,11-12H,1-3,6-7,10H2,(H2,19,20,21,22). The van der Waals surface area contributed by atoms with Crippen LogP contribution in [0.15, 0.2) is 34.8 Å². The van der Waals surface area contributed by atoms with Crippen molar-refractivity contribution < 1.29 is 4.79 Å². The molecule has 1 aromatic carbocycles. The van der Waals surface area contributed by atoms with Gasteiger partial charge in [-0.1, -0.05) is 44.2 Å². The van der Waals surface area contributed by atoms with E-state index in [0.29, 0.717) is 11.4 Å². The van der Waals surface area contributed by atoms with Crippen LogP contribution in [0, 0.1) is 5.92 Å². The summed E-state index contributed by atoms with van der Waals surface area (Å²) < 4.78 is 0.783. The Morgan fingerprint density at radius 3 is 2.82 bits per heavy atom. The van der Waals surface area contributed by atoms with Gasteiger partial charge in [0.25, 0.3) is 5.91 Å². The largest absolute Gasteiger partial charge is 0.305 e. The fraction of sp³-hybridized carbons (Fsp3) is 0.412. The number of halogens is 1. The molecular weight excluding hydrogens is 342 g/mol. The average molecular weight is 362 g/mol. The van der Waals surface area contributed by atoms with Crippen molar-refractivity contribution in [3.8, 4) is 0 Å². The zero-order chi connectivity index (χ0) is 15.4. The maximum Gasteiger partial charge on any atom is 0.258 e. The van der Waals surface area contributed by atoms with Gasteiger partial charge in [-0.3, -0.25) is 9.89 Å². The maximum absolute atomic E-state index is 12.2. The molecule has 1 amide bonds.